The van der Waals surface area contributed by atoms with Crippen molar-refractivity contribution in [2.45, 2.75) is 58.3 Å². The first-order chi connectivity index (χ1) is 10.2. The van der Waals surface area contributed by atoms with E-state index in [0.717, 1.165) is 29.1 Å². The molecule has 5 rings (SSSR count). The highest BCUT2D eigenvalue weighted by molar-refractivity contribution is 5.02. The molecule has 4 saturated carbocycles. The predicted octanol–water partition coefficient (Wildman–Crippen LogP) is 3.52. The van der Waals surface area contributed by atoms with E-state index in [1.54, 1.807) is 38.5 Å². The summed E-state index contributed by atoms with van der Waals surface area (Å²) < 4.78 is 0. The van der Waals surface area contributed by atoms with Crippen molar-refractivity contribution >= 4 is 0 Å². The molecular formula is C19H34N2. The minimum absolute atomic E-state index is 0.729. The smallest absolute Gasteiger partial charge is 0.00383 e. The highest BCUT2D eigenvalue weighted by atomic mass is 15.1. The molecule has 5 aliphatic rings. The first kappa shape index (κ1) is 14.5. The Kier molecular flexibility index (Phi) is 4.04. The van der Waals surface area contributed by atoms with Crippen LogP contribution in [0.3, 0.4) is 0 Å². The van der Waals surface area contributed by atoms with Gasteiger partial charge < -0.3 is 10.2 Å². The number of nitrogens with zero attached hydrogens (tertiary/aromatic N) is 1. The molecule has 2 nitrogen and oxygen atoms in total. The highest BCUT2D eigenvalue weighted by Crippen LogP contribution is 2.60. The van der Waals surface area contributed by atoms with Crippen molar-refractivity contribution in [1.29, 1.82) is 0 Å². The fourth-order valence-electron chi connectivity index (χ4n) is 6.71. The monoisotopic (exact) mass is 290 g/mol. The van der Waals surface area contributed by atoms with Crippen molar-refractivity contribution in [2.75, 3.05) is 32.7 Å². The summed E-state index contributed by atoms with van der Waals surface area (Å²) in [5.74, 6) is 4.22. The molecule has 4 aliphatic carbocycles. The Morgan fingerprint density at radius 1 is 1.05 bits per heavy atom. The lowest BCUT2D eigenvalue weighted by atomic mass is 9.49. The molecule has 0 spiro atoms. The van der Waals surface area contributed by atoms with Gasteiger partial charge in [-0.3, -0.25) is 0 Å². The third-order valence-electron chi connectivity index (χ3n) is 7.09. The van der Waals surface area contributed by atoms with Gasteiger partial charge in [-0.05, 0) is 100 Å². The van der Waals surface area contributed by atoms with Gasteiger partial charge in [0.05, 0.1) is 0 Å². The molecular weight excluding hydrogens is 256 g/mol. The molecule has 5 fully saturated rings. The summed E-state index contributed by atoms with van der Waals surface area (Å²) in [5.41, 5.74) is 0.729. The van der Waals surface area contributed by atoms with Crippen LogP contribution in [-0.2, 0) is 0 Å². The molecule has 21 heavy (non-hydrogen) atoms. The van der Waals surface area contributed by atoms with Crippen LogP contribution in [0.15, 0.2) is 0 Å². The Morgan fingerprint density at radius 2 is 1.71 bits per heavy atom. The second-order valence-electron chi connectivity index (χ2n) is 8.96. The number of piperidine rings is 1. The molecule has 1 unspecified atom stereocenters. The Bertz CT molecular complexity index is 323. The van der Waals surface area contributed by atoms with Gasteiger partial charge in [0, 0.05) is 13.1 Å². The van der Waals surface area contributed by atoms with E-state index in [9.17, 15) is 0 Å². The maximum atomic E-state index is 3.60. The number of rotatable bonds is 5. The molecule has 1 heterocycles. The van der Waals surface area contributed by atoms with E-state index in [-0.39, 0.29) is 0 Å². The highest BCUT2D eigenvalue weighted by Gasteiger charge is 2.51. The van der Waals surface area contributed by atoms with Gasteiger partial charge in [-0.2, -0.15) is 0 Å². The van der Waals surface area contributed by atoms with Gasteiger partial charge in [-0.15, -0.1) is 0 Å². The standard InChI is InChI=1S/C19H34N2/c1-2-21(13-15-4-3-5-20-12-15)14-19-9-16-6-17(10-19)8-18(7-16)11-19/h15-18,20H,2-14H2,1H3. The topological polar surface area (TPSA) is 15.3 Å². The maximum absolute atomic E-state index is 3.60. The molecule has 120 valence electrons. The fourth-order valence-corrected chi connectivity index (χ4v) is 6.71. The van der Waals surface area contributed by atoms with Gasteiger partial charge >= 0.3 is 0 Å². The van der Waals surface area contributed by atoms with Crippen molar-refractivity contribution in [2.24, 2.45) is 29.1 Å². The van der Waals surface area contributed by atoms with Gasteiger partial charge in [0.1, 0.15) is 0 Å². The zero-order chi connectivity index (χ0) is 14.3. The summed E-state index contributed by atoms with van der Waals surface area (Å²) in [6.45, 7) is 8.93. The van der Waals surface area contributed by atoms with E-state index < -0.39 is 0 Å². The van der Waals surface area contributed by atoms with Gasteiger partial charge in [0.2, 0.25) is 0 Å². The lowest BCUT2D eigenvalue weighted by Crippen LogP contribution is -2.52. The molecule has 1 N–H and O–H groups in total. The molecule has 0 radical (unpaired) electrons. The average Bonchev–Trinajstić information content (AvgIpc) is 2.46. The van der Waals surface area contributed by atoms with Crippen molar-refractivity contribution in [3.63, 3.8) is 0 Å². The van der Waals surface area contributed by atoms with E-state index in [0.29, 0.717) is 0 Å². The molecule has 1 aliphatic heterocycles. The first-order valence-corrected chi connectivity index (χ1v) is 9.68. The molecule has 1 saturated heterocycles. The largest absolute Gasteiger partial charge is 0.316 e. The number of nitrogens with one attached hydrogen (secondary N) is 1. The third-order valence-corrected chi connectivity index (χ3v) is 7.09. The number of hydrogen-bond donors (Lipinski definition) is 1. The van der Waals surface area contributed by atoms with Gasteiger partial charge in [-0.25, -0.2) is 0 Å². The van der Waals surface area contributed by atoms with E-state index in [1.165, 1.54) is 45.6 Å². The summed E-state index contributed by atoms with van der Waals surface area (Å²) in [5, 5.41) is 3.60. The Balaban J connectivity index is 1.39. The first-order valence-electron chi connectivity index (χ1n) is 9.68. The lowest BCUT2D eigenvalue weighted by Gasteiger charge is -2.58. The predicted molar refractivity (Wildman–Crippen MR) is 88.3 cm³/mol. The zero-order valence-corrected chi connectivity index (χ0v) is 13.9. The van der Waals surface area contributed by atoms with Crippen LogP contribution in [0, 0.1) is 29.1 Å². The summed E-state index contributed by atoms with van der Waals surface area (Å²) in [6, 6.07) is 0. The minimum Gasteiger partial charge on any atom is -0.316 e. The summed E-state index contributed by atoms with van der Waals surface area (Å²) in [6.07, 6.45) is 12.3. The molecule has 2 heteroatoms. The molecule has 0 aromatic carbocycles. The van der Waals surface area contributed by atoms with E-state index in [1.807, 2.05) is 0 Å². The van der Waals surface area contributed by atoms with Crippen LogP contribution in [0.2, 0.25) is 0 Å². The Labute approximate surface area is 131 Å². The van der Waals surface area contributed by atoms with Crippen molar-refractivity contribution in [3.05, 3.63) is 0 Å². The van der Waals surface area contributed by atoms with Crippen LogP contribution in [0.1, 0.15) is 58.3 Å². The van der Waals surface area contributed by atoms with Crippen molar-refractivity contribution in [3.8, 4) is 0 Å². The molecule has 0 aromatic heterocycles. The quantitative estimate of drug-likeness (QED) is 0.833. The van der Waals surface area contributed by atoms with Gasteiger partial charge in [-0.1, -0.05) is 6.92 Å². The van der Waals surface area contributed by atoms with Crippen molar-refractivity contribution < 1.29 is 0 Å². The van der Waals surface area contributed by atoms with Crippen LogP contribution in [-0.4, -0.2) is 37.6 Å². The van der Waals surface area contributed by atoms with E-state index >= 15 is 0 Å². The maximum Gasteiger partial charge on any atom is 0.00383 e. The van der Waals surface area contributed by atoms with Crippen LogP contribution in [0.25, 0.3) is 0 Å². The van der Waals surface area contributed by atoms with Crippen LogP contribution in [0.4, 0.5) is 0 Å². The zero-order valence-electron chi connectivity index (χ0n) is 13.9. The lowest BCUT2D eigenvalue weighted by molar-refractivity contribution is -0.0702. The van der Waals surface area contributed by atoms with Crippen molar-refractivity contribution in [1.82, 2.24) is 10.2 Å². The second kappa shape index (κ2) is 5.85. The van der Waals surface area contributed by atoms with Crippen LogP contribution >= 0.6 is 0 Å². The van der Waals surface area contributed by atoms with Crippen LogP contribution < -0.4 is 5.32 Å². The number of hydrogen-bond acceptors (Lipinski definition) is 2. The van der Waals surface area contributed by atoms with E-state index in [4.69, 9.17) is 0 Å². The fraction of sp³-hybridized carbons (Fsp3) is 1.00. The third kappa shape index (κ3) is 3.03. The average molecular weight is 290 g/mol. The Morgan fingerprint density at radius 3 is 2.24 bits per heavy atom. The second-order valence-corrected chi connectivity index (χ2v) is 8.96. The molecule has 1 atom stereocenters. The Hall–Kier alpha value is -0.0800. The molecule has 4 bridgehead atoms. The minimum atomic E-state index is 0.729. The molecule has 0 aromatic rings. The SMILES string of the molecule is CCN(CC1CCCNC1)CC12CC3CC(CC(C3)C1)C2. The van der Waals surface area contributed by atoms with Gasteiger partial charge in [0.15, 0.2) is 0 Å². The summed E-state index contributed by atoms with van der Waals surface area (Å²) in [7, 11) is 0. The van der Waals surface area contributed by atoms with Gasteiger partial charge in [0.25, 0.3) is 0 Å². The summed E-state index contributed by atoms with van der Waals surface area (Å²) >= 11 is 0. The van der Waals surface area contributed by atoms with Crippen LogP contribution in [0.5, 0.6) is 0 Å². The normalized spacial score (nSPS) is 45.4. The summed E-state index contributed by atoms with van der Waals surface area (Å²) in [4.78, 5) is 2.82. The van der Waals surface area contributed by atoms with E-state index in [2.05, 4.69) is 17.1 Å². The molecule has 0 amide bonds.